The molecule has 4 amide bonds. The number of nitrogens with zero attached hydrogens (tertiary/aromatic N) is 2. The number of anilines is 2. The van der Waals surface area contributed by atoms with E-state index in [4.69, 9.17) is 0 Å². The van der Waals surface area contributed by atoms with Crippen molar-refractivity contribution in [3.8, 4) is 0 Å². The fourth-order valence-corrected chi connectivity index (χ4v) is 1.47. The third-order valence-electron chi connectivity index (χ3n) is 2.66. The normalized spacial score (nSPS) is 9.56. The lowest BCUT2D eigenvalue weighted by Crippen LogP contribution is -2.35. The van der Waals surface area contributed by atoms with Crippen LogP contribution in [0.25, 0.3) is 0 Å². The van der Waals surface area contributed by atoms with Gasteiger partial charge in [0.2, 0.25) is 0 Å². The molecule has 0 heterocycles. The molecular formula is C12H18N4O2. The monoisotopic (exact) mass is 250 g/mol. The lowest BCUT2D eigenvalue weighted by molar-refractivity contribution is 0.248. The minimum absolute atomic E-state index is 0.192. The number of carbonyl (C=O) groups excluding carboxylic acids is 2. The zero-order valence-electron chi connectivity index (χ0n) is 11.0. The molecule has 0 saturated carbocycles. The van der Waals surface area contributed by atoms with Crippen LogP contribution in [0.4, 0.5) is 21.0 Å². The van der Waals surface area contributed by atoms with Crippen LogP contribution in [0.15, 0.2) is 24.3 Å². The van der Waals surface area contributed by atoms with Gasteiger partial charge in [-0.05, 0) is 24.3 Å². The van der Waals surface area contributed by atoms with Crippen molar-refractivity contribution in [2.24, 2.45) is 0 Å². The summed E-state index contributed by atoms with van der Waals surface area (Å²) in [6.45, 7) is 0. The molecule has 0 bridgehead atoms. The molecular weight excluding hydrogens is 232 g/mol. The van der Waals surface area contributed by atoms with Crippen LogP contribution in [0.2, 0.25) is 0 Å². The number of nitrogens with one attached hydrogen (secondary N) is 2. The Morgan fingerprint density at radius 2 is 1.11 bits per heavy atom. The molecule has 1 rings (SSSR count). The van der Waals surface area contributed by atoms with Crippen molar-refractivity contribution in [1.29, 1.82) is 0 Å². The standard InChI is InChI=1S/C12H18N4O2/c1-13-11(17)15(3)9-5-7-10(8-6-9)16(4)12(18)14-2/h5-8H,1-4H3,(H,13,17)(H,14,18). The fourth-order valence-electron chi connectivity index (χ4n) is 1.47. The number of carbonyl (C=O) groups is 2. The lowest BCUT2D eigenvalue weighted by atomic mass is 10.2. The fraction of sp³-hybridized carbons (Fsp3) is 0.333. The number of rotatable bonds is 2. The average molecular weight is 250 g/mol. The van der Waals surface area contributed by atoms with Gasteiger partial charge in [-0.2, -0.15) is 0 Å². The molecule has 0 aromatic heterocycles. The molecule has 0 saturated heterocycles. The SMILES string of the molecule is CNC(=O)N(C)c1ccc(N(C)C(=O)NC)cc1. The molecule has 0 unspecified atom stereocenters. The van der Waals surface area contributed by atoms with E-state index in [2.05, 4.69) is 10.6 Å². The Labute approximate surface area is 107 Å². The van der Waals surface area contributed by atoms with Gasteiger partial charge in [0, 0.05) is 39.6 Å². The molecule has 6 nitrogen and oxygen atoms in total. The molecule has 98 valence electrons. The summed E-state index contributed by atoms with van der Waals surface area (Å²) in [7, 11) is 6.51. The van der Waals surface area contributed by atoms with Crippen molar-refractivity contribution in [2.75, 3.05) is 38.0 Å². The van der Waals surface area contributed by atoms with E-state index < -0.39 is 0 Å². The molecule has 6 heteroatoms. The van der Waals surface area contributed by atoms with Crippen molar-refractivity contribution >= 4 is 23.4 Å². The Morgan fingerprint density at radius 1 is 0.833 bits per heavy atom. The highest BCUT2D eigenvalue weighted by atomic mass is 16.2. The maximum absolute atomic E-state index is 11.4. The Hall–Kier alpha value is -2.24. The lowest BCUT2D eigenvalue weighted by Gasteiger charge is -2.20. The molecule has 1 aromatic rings. The van der Waals surface area contributed by atoms with Crippen LogP contribution in [-0.2, 0) is 0 Å². The van der Waals surface area contributed by atoms with Crippen LogP contribution in [0.3, 0.4) is 0 Å². The first-order valence-electron chi connectivity index (χ1n) is 5.52. The van der Waals surface area contributed by atoms with E-state index in [9.17, 15) is 9.59 Å². The summed E-state index contributed by atoms with van der Waals surface area (Å²) in [5, 5.41) is 5.08. The third-order valence-corrected chi connectivity index (χ3v) is 2.66. The molecule has 0 aliphatic carbocycles. The molecule has 0 spiro atoms. The van der Waals surface area contributed by atoms with Gasteiger partial charge in [-0.3, -0.25) is 9.80 Å². The second kappa shape index (κ2) is 5.90. The first-order valence-corrected chi connectivity index (χ1v) is 5.52. The van der Waals surface area contributed by atoms with Crippen LogP contribution in [0.5, 0.6) is 0 Å². The second-order valence-corrected chi connectivity index (χ2v) is 3.74. The number of hydrogen-bond donors (Lipinski definition) is 2. The van der Waals surface area contributed by atoms with Gasteiger partial charge in [0.1, 0.15) is 0 Å². The van der Waals surface area contributed by atoms with Crippen molar-refractivity contribution in [1.82, 2.24) is 10.6 Å². The summed E-state index contributed by atoms with van der Waals surface area (Å²) in [5.41, 5.74) is 1.51. The van der Waals surface area contributed by atoms with E-state index in [0.29, 0.717) is 0 Å². The van der Waals surface area contributed by atoms with Gasteiger partial charge in [0.25, 0.3) is 0 Å². The quantitative estimate of drug-likeness (QED) is 0.829. The summed E-state index contributed by atoms with van der Waals surface area (Å²) >= 11 is 0. The maximum Gasteiger partial charge on any atom is 0.321 e. The number of urea groups is 2. The molecule has 1 aromatic carbocycles. The first-order chi connectivity index (χ1) is 8.51. The van der Waals surface area contributed by atoms with Gasteiger partial charge >= 0.3 is 12.1 Å². The highest BCUT2D eigenvalue weighted by molar-refractivity contribution is 5.93. The molecule has 18 heavy (non-hydrogen) atoms. The number of hydrogen-bond acceptors (Lipinski definition) is 2. The van der Waals surface area contributed by atoms with Crippen LogP contribution in [-0.4, -0.2) is 40.3 Å². The Kier molecular flexibility index (Phi) is 4.53. The second-order valence-electron chi connectivity index (χ2n) is 3.74. The summed E-state index contributed by atoms with van der Waals surface area (Å²) in [4.78, 5) is 25.8. The van der Waals surface area contributed by atoms with E-state index >= 15 is 0 Å². The molecule has 0 atom stereocenters. The predicted octanol–water partition coefficient (Wildman–Crippen LogP) is 1.24. The van der Waals surface area contributed by atoms with Gasteiger partial charge in [0.15, 0.2) is 0 Å². The number of amides is 4. The minimum atomic E-state index is -0.192. The minimum Gasteiger partial charge on any atom is -0.341 e. The zero-order valence-corrected chi connectivity index (χ0v) is 11.0. The predicted molar refractivity (Wildman–Crippen MR) is 72.2 cm³/mol. The van der Waals surface area contributed by atoms with E-state index in [-0.39, 0.29) is 12.1 Å². The topological polar surface area (TPSA) is 64.7 Å². The largest absolute Gasteiger partial charge is 0.341 e. The third kappa shape index (κ3) is 2.91. The molecule has 0 fully saturated rings. The molecule has 0 radical (unpaired) electrons. The van der Waals surface area contributed by atoms with Gasteiger partial charge in [-0.25, -0.2) is 9.59 Å². The van der Waals surface area contributed by atoms with Gasteiger partial charge < -0.3 is 10.6 Å². The van der Waals surface area contributed by atoms with Crippen LogP contribution in [0, 0.1) is 0 Å². The van der Waals surface area contributed by atoms with Gasteiger partial charge in [0.05, 0.1) is 0 Å². The summed E-state index contributed by atoms with van der Waals surface area (Å²) in [5.74, 6) is 0. The number of benzene rings is 1. The highest BCUT2D eigenvalue weighted by Gasteiger charge is 2.11. The van der Waals surface area contributed by atoms with Crippen molar-refractivity contribution < 1.29 is 9.59 Å². The summed E-state index contributed by atoms with van der Waals surface area (Å²) < 4.78 is 0. The Balaban J connectivity index is 2.86. The van der Waals surface area contributed by atoms with E-state index in [1.54, 1.807) is 52.5 Å². The van der Waals surface area contributed by atoms with Crippen LogP contribution >= 0.6 is 0 Å². The van der Waals surface area contributed by atoms with E-state index in [1.165, 1.54) is 9.80 Å². The first kappa shape index (κ1) is 13.8. The van der Waals surface area contributed by atoms with Gasteiger partial charge in [-0.1, -0.05) is 0 Å². The van der Waals surface area contributed by atoms with Crippen LogP contribution in [0.1, 0.15) is 0 Å². The highest BCUT2D eigenvalue weighted by Crippen LogP contribution is 2.19. The van der Waals surface area contributed by atoms with E-state index in [1.807, 2.05) is 0 Å². The summed E-state index contributed by atoms with van der Waals surface area (Å²) in [6.07, 6.45) is 0. The Morgan fingerprint density at radius 3 is 1.33 bits per heavy atom. The van der Waals surface area contributed by atoms with Gasteiger partial charge in [-0.15, -0.1) is 0 Å². The molecule has 2 N–H and O–H groups in total. The molecule has 0 aliphatic heterocycles. The van der Waals surface area contributed by atoms with Crippen molar-refractivity contribution in [3.05, 3.63) is 24.3 Å². The van der Waals surface area contributed by atoms with Crippen LogP contribution < -0.4 is 20.4 Å². The average Bonchev–Trinajstić information content (AvgIpc) is 2.44. The molecule has 0 aliphatic rings. The zero-order chi connectivity index (χ0) is 13.7. The van der Waals surface area contributed by atoms with E-state index in [0.717, 1.165) is 11.4 Å². The van der Waals surface area contributed by atoms with Crippen molar-refractivity contribution in [3.63, 3.8) is 0 Å². The summed E-state index contributed by atoms with van der Waals surface area (Å²) in [6, 6.07) is 6.74. The smallest absolute Gasteiger partial charge is 0.321 e. The maximum atomic E-state index is 11.4. The Bertz CT molecular complexity index is 389. The van der Waals surface area contributed by atoms with Crippen molar-refractivity contribution in [2.45, 2.75) is 0 Å².